The number of piperidine rings is 1. The van der Waals surface area contributed by atoms with Crippen LogP contribution in [-0.2, 0) is 20.3 Å². The van der Waals surface area contributed by atoms with Gasteiger partial charge in [0.05, 0.1) is 23.9 Å². The van der Waals surface area contributed by atoms with Crippen LogP contribution in [0.3, 0.4) is 0 Å². The van der Waals surface area contributed by atoms with E-state index in [0.717, 1.165) is 58.8 Å². The van der Waals surface area contributed by atoms with Crippen molar-refractivity contribution in [1.29, 1.82) is 0 Å². The summed E-state index contributed by atoms with van der Waals surface area (Å²) in [7, 11) is -3.39. The van der Waals surface area contributed by atoms with Crippen LogP contribution in [0.4, 0.5) is 0 Å². The van der Waals surface area contributed by atoms with E-state index in [0.29, 0.717) is 21.9 Å². The number of hydrogen-bond donors (Lipinski definition) is 0. The molecule has 0 atom stereocenters. The zero-order valence-electron chi connectivity index (χ0n) is 18.5. The summed E-state index contributed by atoms with van der Waals surface area (Å²) in [6, 6.07) is 15.5. The number of likely N-dealkylation sites (tertiary alicyclic amines) is 1. The average molecular weight is 457 g/mol. The van der Waals surface area contributed by atoms with Crippen molar-refractivity contribution in [3.05, 3.63) is 65.7 Å². The maximum absolute atomic E-state index is 12.9. The van der Waals surface area contributed by atoms with Crippen LogP contribution >= 0.6 is 0 Å². The Balaban J connectivity index is 1.27. The van der Waals surface area contributed by atoms with E-state index >= 15 is 0 Å². The number of ether oxygens (including phenoxy) is 1. The van der Waals surface area contributed by atoms with Gasteiger partial charge in [0.15, 0.2) is 9.84 Å². The second-order valence-corrected chi connectivity index (χ2v) is 10.7. The van der Waals surface area contributed by atoms with Crippen molar-refractivity contribution in [3.63, 3.8) is 0 Å². The zero-order valence-corrected chi connectivity index (χ0v) is 19.3. The number of hydrogen-bond acceptors (Lipinski definition) is 5. The third-order valence-electron chi connectivity index (χ3n) is 6.52. The number of nitrogens with zero attached hydrogens (tertiary/aromatic N) is 2. The predicted molar refractivity (Wildman–Crippen MR) is 124 cm³/mol. The van der Waals surface area contributed by atoms with Gasteiger partial charge < -0.3 is 9.64 Å². The van der Waals surface area contributed by atoms with Gasteiger partial charge in [-0.15, -0.1) is 0 Å². The number of amides is 1. The Kier molecular flexibility index (Phi) is 7.60. The molecular weight excluding hydrogens is 424 g/mol. The molecule has 4 rings (SSSR count). The Labute approximate surface area is 191 Å². The lowest BCUT2D eigenvalue weighted by molar-refractivity contribution is 0.0332. The van der Waals surface area contributed by atoms with E-state index in [1.807, 2.05) is 4.90 Å². The standard InChI is InChI=1S/C25H32N2O4S/c28-25(27-14-11-21(12-15-27)10-13-26-16-18-31-19-17-26)23-8-6-22(7-9-23)20-32(29,30)24-4-2-1-3-5-24/h1-9,21H,10-20H2. The van der Waals surface area contributed by atoms with E-state index in [4.69, 9.17) is 4.74 Å². The van der Waals surface area contributed by atoms with Gasteiger partial charge in [-0.1, -0.05) is 30.3 Å². The number of carbonyl (C=O) groups excluding carboxylic acids is 1. The zero-order chi connectivity index (χ0) is 22.4. The molecule has 2 saturated heterocycles. The van der Waals surface area contributed by atoms with Gasteiger partial charge in [0.2, 0.25) is 0 Å². The Morgan fingerprint density at radius 3 is 2.22 bits per heavy atom. The summed E-state index contributed by atoms with van der Waals surface area (Å²) in [5.41, 5.74) is 1.31. The van der Waals surface area contributed by atoms with E-state index in [1.54, 1.807) is 54.6 Å². The molecule has 0 aromatic heterocycles. The topological polar surface area (TPSA) is 66.9 Å². The Bertz CT molecular complexity index is 978. The fourth-order valence-corrected chi connectivity index (χ4v) is 5.84. The van der Waals surface area contributed by atoms with E-state index in [-0.39, 0.29) is 11.7 Å². The van der Waals surface area contributed by atoms with Gasteiger partial charge >= 0.3 is 0 Å². The quantitative estimate of drug-likeness (QED) is 0.640. The third kappa shape index (κ3) is 5.97. The van der Waals surface area contributed by atoms with E-state index in [2.05, 4.69) is 4.90 Å². The number of morpholine rings is 1. The molecule has 7 heteroatoms. The Morgan fingerprint density at radius 2 is 1.56 bits per heavy atom. The lowest BCUT2D eigenvalue weighted by atomic mass is 9.93. The normalized spacial score (nSPS) is 18.6. The van der Waals surface area contributed by atoms with Crippen LogP contribution in [0.25, 0.3) is 0 Å². The smallest absolute Gasteiger partial charge is 0.253 e. The fraction of sp³-hybridized carbons (Fsp3) is 0.480. The highest BCUT2D eigenvalue weighted by atomic mass is 32.2. The number of carbonyl (C=O) groups is 1. The van der Waals surface area contributed by atoms with Gasteiger partial charge in [-0.25, -0.2) is 8.42 Å². The first-order chi connectivity index (χ1) is 15.5. The van der Waals surface area contributed by atoms with Gasteiger partial charge in [0.25, 0.3) is 5.91 Å². The molecule has 32 heavy (non-hydrogen) atoms. The first kappa shape index (κ1) is 23.0. The Morgan fingerprint density at radius 1 is 0.906 bits per heavy atom. The van der Waals surface area contributed by atoms with Crippen molar-refractivity contribution in [2.75, 3.05) is 45.9 Å². The highest BCUT2D eigenvalue weighted by molar-refractivity contribution is 7.90. The van der Waals surface area contributed by atoms with Gasteiger partial charge in [0.1, 0.15) is 0 Å². The summed E-state index contributed by atoms with van der Waals surface area (Å²) < 4.78 is 30.5. The van der Waals surface area contributed by atoms with Crippen LogP contribution in [0.5, 0.6) is 0 Å². The van der Waals surface area contributed by atoms with Crippen molar-refractivity contribution < 1.29 is 17.9 Å². The van der Waals surface area contributed by atoms with Gasteiger partial charge in [-0.05, 0) is 61.6 Å². The van der Waals surface area contributed by atoms with Crippen LogP contribution < -0.4 is 0 Å². The van der Waals surface area contributed by atoms with Crippen molar-refractivity contribution in [2.45, 2.75) is 29.9 Å². The molecule has 2 aliphatic heterocycles. The molecule has 2 fully saturated rings. The summed E-state index contributed by atoms with van der Waals surface area (Å²) in [5, 5.41) is 0. The monoisotopic (exact) mass is 456 g/mol. The molecule has 172 valence electrons. The molecule has 6 nitrogen and oxygen atoms in total. The van der Waals surface area contributed by atoms with Crippen molar-refractivity contribution in [1.82, 2.24) is 9.80 Å². The summed E-state index contributed by atoms with van der Waals surface area (Å²) in [6.07, 6.45) is 3.28. The first-order valence-corrected chi connectivity index (χ1v) is 13.1. The third-order valence-corrected chi connectivity index (χ3v) is 8.22. The second-order valence-electron chi connectivity index (χ2n) is 8.75. The van der Waals surface area contributed by atoms with Crippen molar-refractivity contribution in [3.8, 4) is 0 Å². The number of benzene rings is 2. The molecule has 1 amide bonds. The van der Waals surface area contributed by atoms with Gasteiger partial charge in [-0.2, -0.15) is 0 Å². The molecular formula is C25H32N2O4S. The highest BCUT2D eigenvalue weighted by Gasteiger charge is 2.24. The van der Waals surface area contributed by atoms with E-state index in [9.17, 15) is 13.2 Å². The predicted octanol–water partition coefficient (Wildman–Crippen LogP) is 3.24. The first-order valence-electron chi connectivity index (χ1n) is 11.5. The molecule has 0 spiro atoms. The Hall–Kier alpha value is -2.22. The van der Waals surface area contributed by atoms with Crippen LogP contribution in [0.2, 0.25) is 0 Å². The van der Waals surface area contributed by atoms with Crippen LogP contribution in [0, 0.1) is 5.92 Å². The summed E-state index contributed by atoms with van der Waals surface area (Å²) in [5.74, 6) is 0.640. The van der Waals surface area contributed by atoms with Gasteiger partial charge in [0, 0.05) is 31.7 Å². The minimum absolute atomic E-state index is 0.0362. The number of sulfone groups is 1. The second kappa shape index (κ2) is 10.6. The molecule has 0 radical (unpaired) electrons. The largest absolute Gasteiger partial charge is 0.379 e. The minimum atomic E-state index is -3.39. The van der Waals surface area contributed by atoms with Crippen molar-refractivity contribution in [2.24, 2.45) is 5.92 Å². The maximum Gasteiger partial charge on any atom is 0.253 e. The SMILES string of the molecule is O=C(c1ccc(CS(=O)(=O)c2ccccc2)cc1)N1CCC(CCN2CCOCC2)CC1. The van der Waals surface area contributed by atoms with E-state index in [1.165, 1.54) is 6.42 Å². The van der Waals surface area contributed by atoms with Crippen LogP contribution in [-0.4, -0.2) is 70.1 Å². The lowest BCUT2D eigenvalue weighted by Gasteiger charge is -2.34. The molecule has 2 heterocycles. The maximum atomic E-state index is 12.9. The molecule has 0 saturated carbocycles. The minimum Gasteiger partial charge on any atom is -0.379 e. The summed E-state index contributed by atoms with van der Waals surface area (Å²) >= 11 is 0. The van der Waals surface area contributed by atoms with Crippen LogP contribution in [0.15, 0.2) is 59.5 Å². The number of rotatable bonds is 7. The molecule has 0 unspecified atom stereocenters. The molecule has 0 N–H and O–H groups in total. The van der Waals surface area contributed by atoms with E-state index < -0.39 is 9.84 Å². The molecule has 0 aliphatic carbocycles. The summed E-state index contributed by atoms with van der Waals surface area (Å²) in [4.78, 5) is 17.6. The average Bonchev–Trinajstić information content (AvgIpc) is 2.84. The summed E-state index contributed by atoms with van der Waals surface area (Å²) in [6.45, 7) is 6.43. The highest BCUT2D eigenvalue weighted by Crippen LogP contribution is 2.23. The lowest BCUT2D eigenvalue weighted by Crippen LogP contribution is -2.40. The van der Waals surface area contributed by atoms with Gasteiger partial charge in [-0.3, -0.25) is 9.69 Å². The molecule has 2 aromatic rings. The fourth-order valence-electron chi connectivity index (χ4n) is 4.47. The molecule has 0 bridgehead atoms. The molecule has 2 aromatic carbocycles. The van der Waals surface area contributed by atoms with Crippen molar-refractivity contribution >= 4 is 15.7 Å². The molecule has 2 aliphatic rings. The van der Waals surface area contributed by atoms with Crippen LogP contribution in [0.1, 0.15) is 35.2 Å².